The van der Waals surface area contributed by atoms with Crippen molar-refractivity contribution in [2.24, 2.45) is 0 Å². The summed E-state index contributed by atoms with van der Waals surface area (Å²) in [5, 5.41) is 16.9. The fraction of sp³-hybridized carbons (Fsp3) is 0.385. The lowest BCUT2D eigenvalue weighted by Gasteiger charge is -2.14. The maximum atomic E-state index is 12.7. The average Bonchev–Trinajstić information content (AvgIpc) is 3.07. The van der Waals surface area contributed by atoms with Gasteiger partial charge in [-0.25, -0.2) is 0 Å². The van der Waals surface area contributed by atoms with Crippen LogP contribution in [0.1, 0.15) is 17.9 Å². The number of nitrogens with one attached hydrogen (secondary N) is 1. The third-order valence-corrected chi connectivity index (χ3v) is 3.41. The number of alkyl halides is 3. The molecule has 1 atom stereocenters. The first-order valence-corrected chi connectivity index (χ1v) is 6.33. The van der Waals surface area contributed by atoms with Crippen molar-refractivity contribution < 1.29 is 22.8 Å². The smallest absolute Gasteiger partial charge is 0.379 e. The van der Waals surface area contributed by atoms with Crippen LogP contribution >= 0.6 is 0 Å². The number of nitrogens with zero attached hydrogens (tertiary/aromatic N) is 2. The zero-order chi connectivity index (χ0) is 15.1. The number of β-amino-alcohol motifs (C(OH)–C–C–N with tert-alkyl or cyclic N) is 1. The van der Waals surface area contributed by atoms with E-state index in [-0.39, 0.29) is 23.8 Å². The third-order valence-electron chi connectivity index (χ3n) is 3.41. The van der Waals surface area contributed by atoms with Gasteiger partial charge in [-0.05, 0) is 25.1 Å². The monoisotopic (exact) mass is 299 g/mol. The lowest BCUT2D eigenvalue weighted by Crippen LogP contribution is -2.28. The van der Waals surface area contributed by atoms with Crippen molar-refractivity contribution in [1.82, 2.24) is 15.5 Å². The quantitative estimate of drug-likeness (QED) is 0.886. The summed E-state index contributed by atoms with van der Waals surface area (Å²) >= 11 is 0. The van der Waals surface area contributed by atoms with Crippen molar-refractivity contribution in [2.75, 3.05) is 13.1 Å². The van der Waals surface area contributed by atoms with Gasteiger partial charge >= 0.3 is 6.18 Å². The van der Waals surface area contributed by atoms with E-state index in [1.165, 1.54) is 12.1 Å². The van der Waals surface area contributed by atoms with Crippen LogP contribution in [0.5, 0.6) is 0 Å². The molecular weight excluding hydrogens is 287 g/mol. The Balaban J connectivity index is 1.93. The molecular formula is C13H12F3N3O2. The van der Waals surface area contributed by atoms with Crippen molar-refractivity contribution >= 4 is 0 Å². The van der Waals surface area contributed by atoms with Gasteiger partial charge in [-0.1, -0.05) is 17.3 Å². The number of halogens is 3. The van der Waals surface area contributed by atoms with Crippen LogP contribution in [0.4, 0.5) is 13.2 Å². The van der Waals surface area contributed by atoms with Crippen LogP contribution in [-0.4, -0.2) is 28.3 Å². The molecule has 2 heterocycles. The van der Waals surface area contributed by atoms with Crippen molar-refractivity contribution in [3.8, 4) is 11.4 Å². The van der Waals surface area contributed by atoms with Gasteiger partial charge in [-0.3, -0.25) is 0 Å². The number of aliphatic hydroxyl groups is 1. The van der Waals surface area contributed by atoms with Gasteiger partial charge in [0.1, 0.15) is 0 Å². The molecule has 1 fully saturated rings. The Labute approximate surface area is 117 Å². The highest BCUT2D eigenvalue weighted by atomic mass is 19.4. The van der Waals surface area contributed by atoms with E-state index in [2.05, 4.69) is 15.5 Å². The summed E-state index contributed by atoms with van der Waals surface area (Å²) in [5.41, 5.74) is -1.85. The fourth-order valence-corrected chi connectivity index (χ4v) is 2.23. The Morgan fingerprint density at radius 1 is 1.33 bits per heavy atom. The van der Waals surface area contributed by atoms with E-state index in [4.69, 9.17) is 4.52 Å². The van der Waals surface area contributed by atoms with Gasteiger partial charge < -0.3 is 14.9 Å². The van der Waals surface area contributed by atoms with Crippen molar-refractivity contribution in [1.29, 1.82) is 0 Å². The summed E-state index contributed by atoms with van der Waals surface area (Å²) in [5.74, 6) is 0.0383. The lowest BCUT2D eigenvalue weighted by molar-refractivity contribution is -0.137. The Bertz CT molecular complexity index is 648. The minimum absolute atomic E-state index is 0.0138. The van der Waals surface area contributed by atoms with Gasteiger partial charge in [0.25, 0.3) is 5.89 Å². The van der Waals surface area contributed by atoms with Gasteiger partial charge in [0.05, 0.1) is 5.56 Å². The molecule has 1 aromatic carbocycles. The largest absolute Gasteiger partial charge is 0.416 e. The molecule has 0 radical (unpaired) electrons. The van der Waals surface area contributed by atoms with Crippen LogP contribution < -0.4 is 5.32 Å². The Kier molecular flexibility index (Phi) is 3.22. The van der Waals surface area contributed by atoms with Crippen LogP contribution in [0, 0.1) is 0 Å². The summed E-state index contributed by atoms with van der Waals surface area (Å²) in [4.78, 5) is 4.02. The van der Waals surface area contributed by atoms with Crippen LogP contribution in [0.25, 0.3) is 11.4 Å². The molecule has 5 nitrogen and oxygen atoms in total. The highest BCUT2D eigenvalue weighted by Gasteiger charge is 2.39. The zero-order valence-electron chi connectivity index (χ0n) is 10.8. The Morgan fingerprint density at radius 2 is 2.14 bits per heavy atom. The second-order valence-electron chi connectivity index (χ2n) is 4.96. The van der Waals surface area contributed by atoms with Gasteiger partial charge in [-0.15, -0.1) is 0 Å². The zero-order valence-corrected chi connectivity index (χ0v) is 10.8. The number of benzene rings is 1. The molecule has 21 heavy (non-hydrogen) atoms. The maximum Gasteiger partial charge on any atom is 0.416 e. The van der Waals surface area contributed by atoms with E-state index in [0.717, 1.165) is 12.1 Å². The Hall–Kier alpha value is -1.93. The Morgan fingerprint density at radius 3 is 2.81 bits per heavy atom. The minimum Gasteiger partial charge on any atom is -0.379 e. The molecule has 0 amide bonds. The molecule has 3 rings (SSSR count). The van der Waals surface area contributed by atoms with Gasteiger partial charge in [0, 0.05) is 12.1 Å². The van der Waals surface area contributed by atoms with Crippen LogP contribution in [-0.2, 0) is 11.8 Å². The SMILES string of the molecule is OC1(c2nc(-c3cccc(C(F)(F)F)c3)no2)CCNC1. The predicted molar refractivity (Wildman–Crippen MR) is 66.1 cm³/mol. The van der Waals surface area contributed by atoms with Gasteiger partial charge in [0.2, 0.25) is 5.82 Å². The van der Waals surface area contributed by atoms with Crippen LogP contribution in [0.2, 0.25) is 0 Å². The number of aromatic nitrogens is 2. The third kappa shape index (κ3) is 2.64. The predicted octanol–water partition coefficient (Wildman–Crippen LogP) is 1.94. The summed E-state index contributed by atoms with van der Waals surface area (Å²) < 4.78 is 43.0. The summed E-state index contributed by atoms with van der Waals surface area (Å²) in [6.45, 7) is 0.884. The summed E-state index contributed by atoms with van der Waals surface area (Å²) in [6, 6.07) is 4.66. The molecule has 0 saturated carbocycles. The second-order valence-corrected chi connectivity index (χ2v) is 4.96. The highest BCUT2D eigenvalue weighted by Crippen LogP contribution is 2.32. The minimum atomic E-state index is -4.43. The molecule has 1 unspecified atom stereocenters. The molecule has 1 aromatic heterocycles. The molecule has 0 bridgehead atoms. The maximum absolute atomic E-state index is 12.7. The number of rotatable bonds is 2. The average molecular weight is 299 g/mol. The molecule has 0 aliphatic carbocycles. The van der Waals surface area contributed by atoms with Crippen LogP contribution in [0.3, 0.4) is 0 Å². The van der Waals surface area contributed by atoms with E-state index >= 15 is 0 Å². The van der Waals surface area contributed by atoms with Crippen molar-refractivity contribution in [3.63, 3.8) is 0 Å². The van der Waals surface area contributed by atoms with E-state index in [0.29, 0.717) is 13.0 Å². The first-order valence-electron chi connectivity index (χ1n) is 6.33. The molecule has 8 heteroatoms. The molecule has 0 spiro atoms. The van der Waals surface area contributed by atoms with Crippen molar-refractivity contribution in [2.45, 2.75) is 18.2 Å². The van der Waals surface area contributed by atoms with Crippen molar-refractivity contribution in [3.05, 3.63) is 35.7 Å². The highest BCUT2D eigenvalue weighted by molar-refractivity contribution is 5.55. The molecule has 112 valence electrons. The molecule has 2 N–H and O–H groups in total. The number of hydrogen-bond donors (Lipinski definition) is 2. The van der Waals surface area contributed by atoms with E-state index in [1.54, 1.807) is 0 Å². The second kappa shape index (κ2) is 4.81. The normalized spacial score (nSPS) is 22.7. The molecule has 2 aromatic rings. The topological polar surface area (TPSA) is 71.2 Å². The molecule has 1 saturated heterocycles. The molecule has 1 aliphatic rings. The number of hydrogen-bond acceptors (Lipinski definition) is 5. The summed E-state index contributed by atoms with van der Waals surface area (Å²) in [6.07, 6.45) is -4.02. The summed E-state index contributed by atoms with van der Waals surface area (Å²) in [7, 11) is 0. The van der Waals surface area contributed by atoms with Gasteiger partial charge in [0.15, 0.2) is 5.60 Å². The first-order chi connectivity index (χ1) is 9.88. The van der Waals surface area contributed by atoms with Crippen LogP contribution in [0.15, 0.2) is 28.8 Å². The lowest BCUT2D eigenvalue weighted by atomic mass is 10.0. The van der Waals surface area contributed by atoms with E-state index in [1.807, 2.05) is 0 Å². The van der Waals surface area contributed by atoms with E-state index in [9.17, 15) is 18.3 Å². The first kappa shape index (κ1) is 14.0. The molecule has 1 aliphatic heterocycles. The van der Waals surface area contributed by atoms with Gasteiger partial charge in [-0.2, -0.15) is 18.2 Å². The van der Waals surface area contributed by atoms with E-state index < -0.39 is 17.3 Å². The fourth-order valence-electron chi connectivity index (χ4n) is 2.23. The standard InChI is InChI=1S/C13H12F3N3O2/c14-13(15,16)9-3-1-2-8(6-9)10-18-11(21-19-10)12(20)4-5-17-7-12/h1-3,6,17,20H,4-5,7H2.